The highest BCUT2D eigenvalue weighted by Gasteiger charge is 2.10. The van der Waals surface area contributed by atoms with Crippen molar-refractivity contribution in [2.45, 2.75) is 31.8 Å². The number of hydrogen-bond acceptors (Lipinski definition) is 4. The average molecular weight is 336 g/mol. The smallest absolute Gasteiger partial charge is 0.224 e. The summed E-state index contributed by atoms with van der Waals surface area (Å²) in [6.45, 7) is 3.92. The van der Waals surface area contributed by atoms with Gasteiger partial charge < -0.3 is 5.32 Å². The summed E-state index contributed by atoms with van der Waals surface area (Å²) >= 11 is 7.34. The van der Waals surface area contributed by atoms with Crippen LogP contribution in [0.3, 0.4) is 0 Å². The van der Waals surface area contributed by atoms with E-state index in [0.717, 1.165) is 27.8 Å². The summed E-state index contributed by atoms with van der Waals surface area (Å²) in [6, 6.07) is 7.07. The molecule has 0 aliphatic heterocycles. The lowest BCUT2D eigenvalue weighted by molar-refractivity contribution is -0.116. The van der Waals surface area contributed by atoms with Gasteiger partial charge in [-0.2, -0.15) is 0 Å². The van der Waals surface area contributed by atoms with Crippen molar-refractivity contribution < 1.29 is 4.79 Å². The van der Waals surface area contributed by atoms with Crippen LogP contribution in [0.5, 0.6) is 0 Å². The molecular weight excluding hydrogens is 318 g/mol. The number of carbonyl (C=O) groups excluding carboxylic acids is 1. The van der Waals surface area contributed by atoms with E-state index < -0.39 is 0 Å². The van der Waals surface area contributed by atoms with Gasteiger partial charge in [-0.05, 0) is 56.4 Å². The van der Waals surface area contributed by atoms with Crippen LogP contribution in [-0.2, 0) is 11.2 Å². The number of rotatable bonds is 5. The van der Waals surface area contributed by atoms with Crippen LogP contribution >= 0.6 is 23.4 Å². The zero-order chi connectivity index (χ0) is 16.1. The first-order chi connectivity index (χ1) is 10.5. The van der Waals surface area contributed by atoms with Gasteiger partial charge in [-0.25, -0.2) is 9.97 Å². The molecule has 0 aliphatic rings. The predicted octanol–water partition coefficient (Wildman–Crippen LogP) is 4.04. The number of aromatic nitrogens is 2. The molecule has 1 aromatic heterocycles. The second-order valence-corrected chi connectivity index (χ2v) is 6.12. The molecule has 2 aromatic rings. The normalized spacial score (nSPS) is 10.5. The van der Waals surface area contributed by atoms with E-state index in [9.17, 15) is 4.79 Å². The molecular formula is C16H18ClN3OS. The molecule has 4 nitrogen and oxygen atoms in total. The average Bonchev–Trinajstić information content (AvgIpc) is 2.48. The summed E-state index contributed by atoms with van der Waals surface area (Å²) < 4.78 is 0. The van der Waals surface area contributed by atoms with Crippen LogP contribution in [0.25, 0.3) is 0 Å². The standard InChI is InChI=1S/C16H18ClN3OS/c1-10-14(11(2)19-16(18-10)22-3)8-9-15(21)20-13-6-4-12(17)5-7-13/h4-7H,8-9H2,1-3H3,(H,20,21). The van der Waals surface area contributed by atoms with E-state index in [-0.39, 0.29) is 5.91 Å². The van der Waals surface area contributed by atoms with Crippen LogP contribution in [0.1, 0.15) is 23.4 Å². The zero-order valence-electron chi connectivity index (χ0n) is 12.8. The molecule has 22 heavy (non-hydrogen) atoms. The second kappa shape index (κ2) is 7.61. The molecule has 0 spiro atoms. The third-order valence-corrected chi connectivity index (χ3v) is 4.11. The summed E-state index contributed by atoms with van der Waals surface area (Å²) in [5.41, 5.74) is 3.67. The number of nitrogens with one attached hydrogen (secondary N) is 1. The van der Waals surface area contributed by atoms with Crippen LogP contribution in [0.2, 0.25) is 5.02 Å². The van der Waals surface area contributed by atoms with Crippen molar-refractivity contribution in [2.24, 2.45) is 0 Å². The van der Waals surface area contributed by atoms with Gasteiger partial charge in [-0.15, -0.1) is 0 Å². The highest BCUT2D eigenvalue weighted by Crippen LogP contribution is 2.18. The molecule has 0 atom stereocenters. The molecule has 0 saturated heterocycles. The largest absolute Gasteiger partial charge is 0.326 e. The molecule has 0 unspecified atom stereocenters. The van der Waals surface area contributed by atoms with Gasteiger partial charge in [0.15, 0.2) is 5.16 Å². The lowest BCUT2D eigenvalue weighted by atomic mass is 10.1. The zero-order valence-corrected chi connectivity index (χ0v) is 14.4. The molecule has 1 aromatic carbocycles. The Morgan fingerprint density at radius 3 is 2.32 bits per heavy atom. The summed E-state index contributed by atoms with van der Waals surface area (Å²) in [7, 11) is 0. The third kappa shape index (κ3) is 4.45. The lowest BCUT2D eigenvalue weighted by Gasteiger charge is -2.10. The van der Waals surface area contributed by atoms with Crippen LogP contribution in [0, 0.1) is 13.8 Å². The van der Waals surface area contributed by atoms with Gasteiger partial charge in [0.05, 0.1) is 0 Å². The van der Waals surface area contributed by atoms with Gasteiger partial charge in [-0.3, -0.25) is 4.79 Å². The van der Waals surface area contributed by atoms with Gasteiger partial charge in [0.25, 0.3) is 0 Å². The summed E-state index contributed by atoms with van der Waals surface area (Å²) in [5, 5.41) is 4.27. The summed E-state index contributed by atoms with van der Waals surface area (Å²) in [5.74, 6) is -0.0323. The second-order valence-electron chi connectivity index (χ2n) is 4.91. The highest BCUT2D eigenvalue weighted by molar-refractivity contribution is 7.98. The lowest BCUT2D eigenvalue weighted by Crippen LogP contribution is -2.13. The number of benzene rings is 1. The molecule has 0 radical (unpaired) electrons. The minimum atomic E-state index is -0.0323. The molecule has 0 fully saturated rings. The number of aryl methyl sites for hydroxylation is 2. The van der Waals surface area contributed by atoms with E-state index in [1.807, 2.05) is 20.1 Å². The van der Waals surface area contributed by atoms with Crippen molar-refractivity contribution in [3.05, 3.63) is 46.2 Å². The minimum Gasteiger partial charge on any atom is -0.326 e. The van der Waals surface area contributed by atoms with E-state index in [0.29, 0.717) is 17.9 Å². The number of thioether (sulfide) groups is 1. The maximum absolute atomic E-state index is 12.0. The van der Waals surface area contributed by atoms with E-state index >= 15 is 0 Å². The molecule has 1 heterocycles. The van der Waals surface area contributed by atoms with Crippen molar-refractivity contribution in [1.29, 1.82) is 0 Å². The minimum absolute atomic E-state index is 0.0323. The molecule has 0 bridgehead atoms. The Morgan fingerprint density at radius 1 is 1.18 bits per heavy atom. The number of nitrogens with zero attached hydrogens (tertiary/aromatic N) is 2. The quantitative estimate of drug-likeness (QED) is 0.661. The maximum Gasteiger partial charge on any atom is 0.224 e. The number of carbonyl (C=O) groups is 1. The number of halogens is 1. The molecule has 0 saturated carbocycles. The third-order valence-electron chi connectivity index (χ3n) is 3.31. The van der Waals surface area contributed by atoms with Gasteiger partial charge in [-0.1, -0.05) is 23.4 Å². The van der Waals surface area contributed by atoms with Gasteiger partial charge in [0.2, 0.25) is 5.91 Å². The Kier molecular flexibility index (Phi) is 5.80. The Hall–Kier alpha value is -1.59. The van der Waals surface area contributed by atoms with E-state index in [4.69, 9.17) is 11.6 Å². The van der Waals surface area contributed by atoms with Crippen molar-refractivity contribution in [2.75, 3.05) is 11.6 Å². The van der Waals surface area contributed by atoms with Crippen LogP contribution in [0.15, 0.2) is 29.4 Å². The van der Waals surface area contributed by atoms with Gasteiger partial charge >= 0.3 is 0 Å². The van der Waals surface area contributed by atoms with E-state index in [2.05, 4.69) is 15.3 Å². The SMILES string of the molecule is CSc1nc(C)c(CCC(=O)Nc2ccc(Cl)cc2)c(C)n1. The first-order valence-corrected chi connectivity index (χ1v) is 8.53. The first-order valence-electron chi connectivity index (χ1n) is 6.93. The van der Waals surface area contributed by atoms with Crippen LogP contribution in [0.4, 0.5) is 5.69 Å². The van der Waals surface area contributed by atoms with Gasteiger partial charge in [0, 0.05) is 28.5 Å². The van der Waals surface area contributed by atoms with Crippen molar-refractivity contribution in [3.8, 4) is 0 Å². The summed E-state index contributed by atoms with van der Waals surface area (Å²) in [4.78, 5) is 20.9. The van der Waals surface area contributed by atoms with Crippen molar-refractivity contribution >= 4 is 35.0 Å². The fourth-order valence-corrected chi connectivity index (χ4v) is 2.74. The van der Waals surface area contributed by atoms with Gasteiger partial charge in [0.1, 0.15) is 0 Å². The van der Waals surface area contributed by atoms with Crippen LogP contribution in [-0.4, -0.2) is 22.1 Å². The van der Waals surface area contributed by atoms with Crippen molar-refractivity contribution in [3.63, 3.8) is 0 Å². The topological polar surface area (TPSA) is 54.9 Å². The Bertz CT molecular complexity index is 651. The molecule has 2 rings (SSSR count). The molecule has 6 heteroatoms. The number of amides is 1. The Labute approximate surface area is 139 Å². The number of anilines is 1. The summed E-state index contributed by atoms with van der Waals surface area (Å²) in [6.07, 6.45) is 2.98. The molecule has 1 N–H and O–H groups in total. The molecule has 0 aliphatic carbocycles. The predicted molar refractivity (Wildman–Crippen MR) is 91.7 cm³/mol. The fourth-order valence-electron chi connectivity index (χ4n) is 2.16. The monoisotopic (exact) mass is 335 g/mol. The Balaban J connectivity index is 1.98. The Morgan fingerprint density at radius 2 is 1.77 bits per heavy atom. The number of hydrogen-bond donors (Lipinski definition) is 1. The highest BCUT2D eigenvalue weighted by atomic mass is 35.5. The van der Waals surface area contributed by atoms with Crippen molar-refractivity contribution in [1.82, 2.24) is 9.97 Å². The van der Waals surface area contributed by atoms with E-state index in [1.165, 1.54) is 11.8 Å². The first kappa shape index (κ1) is 16.8. The molecule has 116 valence electrons. The fraction of sp³-hybridized carbons (Fsp3) is 0.312. The van der Waals surface area contributed by atoms with E-state index in [1.54, 1.807) is 24.3 Å². The molecule has 1 amide bonds. The van der Waals surface area contributed by atoms with Crippen LogP contribution < -0.4 is 5.32 Å². The maximum atomic E-state index is 12.0.